The highest BCUT2D eigenvalue weighted by Crippen LogP contribution is 2.19. The summed E-state index contributed by atoms with van der Waals surface area (Å²) in [4.78, 5) is 21.0. The van der Waals surface area contributed by atoms with E-state index in [-0.39, 0.29) is 18.4 Å². The van der Waals surface area contributed by atoms with Crippen molar-refractivity contribution >= 4 is 11.6 Å². The number of likely N-dealkylation sites (tertiary alicyclic amines) is 1. The van der Waals surface area contributed by atoms with Crippen LogP contribution in [0, 0.1) is 5.92 Å². The standard InChI is InChI=1S/C20H25N3O2/c24-16-18-7-5-11-22(14-18)20(25)15-23(19-8-2-1-3-9-19)13-17-6-4-10-21-12-17/h1-4,6,8-10,12,18,24H,5,7,11,13-16H2. The van der Waals surface area contributed by atoms with Gasteiger partial charge in [0.25, 0.3) is 0 Å². The van der Waals surface area contributed by atoms with Crippen molar-refractivity contribution in [3.63, 3.8) is 0 Å². The monoisotopic (exact) mass is 339 g/mol. The Hall–Kier alpha value is -2.40. The SMILES string of the molecule is O=C(CN(Cc1cccnc1)c1ccccc1)N1CCCC(CO)C1. The van der Waals surface area contributed by atoms with E-state index < -0.39 is 0 Å². The number of para-hydroxylation sites is 1. The maximum Gasteiger partial charge on any atom is 0.242 e. The fourth-order valence-corrected chi connectivity index (χ4v) is 3.29. The van der Waals surface area contributed by atoms with Gasteiger partial charge in [-0.25, -0.2) is 0 Å². The highest BCUT2D eigenvalue weighted by atomic mass is 16.3. The van der Waals surface area contributed by atoms with Gasteiger partial charge in [-0.2, -0.15) is 0 Å². The van der Waals surface area contributed by atoms with Crippen LogP contribution < -0.4 is 4.90 Å². The maximum atomic E-state index is 12.8. The molecule has 1 aromatic carbocycles. The fraction of sp³-hybridized carbons (Fsp3) is 0.400. The lowest BCUT2D eigenvalue weighted by molar-refractivity contribution is -0.131. The lowest BCUT2D eigenvalue weighted by Crippen LogP contribution is -2.45. The largest absolute Gasteiger partial charge is 0.396 e. The van der Waals surface area contributed by atoms with Gasteiger partial charge in [-0.3, -0.25) is 9.78 Å². The molecule has 1 fully saturated rings. The average Bonchev–Trinajstić information content (AvgIpc) is 2.69. The number of aliphatic hydroxyl groups is 1. The Bertz CT molecular complexity index is 663. The van der Waals surface area contributed by atoms with E-state index in [4.69, 9.17) is 0 Å². The van der Waals surface area contributed by atoms with E-state index in [0.29, 0.717) is 19.6 Å². The maximum absolute atomic E-state index is 12.8. The second-order valence-corrected chi connectivity index (χ2v) is 6.58. The van der Waals surface area contributed by atoms with E-state index in [1.165, 1.54) is 0 Å². The van der Waals surface area contributed by atoms with Crippen molar-refractivity contribution in [2.75, 3.05) is 31.1 Å². The van der Waals surface area contributed by atoms with Crippen LogP contribution in [0.1, 0.15) is 18.4 Å². The second-order valence-electron chi connectivity index (χ2n) is 6.58. The van der Waals surface area contributed by atoms with Gasteiger partial charge in [0.2, 0.25) is 5.91 Å². The Kier molecular flexibility index (Phi) is 6.01. The summed E-state index contributed by atoms with van der Waals surface area (Å²) in [6, 6.07) is 13.9. The minimum absolute atomic E-state index is 0.117. The molecular weight excluding hydrogens is 314 g/mol. The number of anilines is 1. The molecule has 1 saturated heterocycles. The topological polar surface area (TPSA) is 56.7 Å². The number of carbonyl (C=O) groups excluding carboxylic acids is 1. The van der Waals surface area contributed by atoms with Crippen LogP contribution in [0.3, 0.4) is 0 Å². The van der Waals surface area contributed by atoms with Gasteiger partial charge in [0, 0.05) is 44.3 Å². The third-order valence-corrected chi connectivity index (χ3v) is 4.67. The zero-order valence-corrected chi connectivity index (χ0v) is 14.4. The number of hydrogen-bond acceptors (Lipinski definition) is 4. The van der Waals surface area contributed by atoms with Gasteiger partial charge in [-0.15, -0.1) is 0 Å². The van der Waals surface area contributed by atoms with Gasteiger partial charge in [0.1, 0.15) is 0 Å². The molecule has 5 heteroatoms. The molecule has 0 radical (unpaired) electrons. The number of hydrogen-bond donors (Lipinski definition) is 1. The molecule has 1 aliphatic heterocycles. The Balaban J connectivity index is 1.72. The van der Waals surface area contributed by atoms with Crippen LogP contribution in [0.15, 0.2) is 54.9 Å². The summed E-state index contributed by atoms with van der Waals surface area (Å²) in [5.74, 6) is 0.326. The lowest BCUT2D eigenvalue weighted by Gasteiger charge is -2.34. The Labute approximate surface area is 148 Å². The van der Waals surface area contributed by atoms with Crippen LogP contribution in [0.2, 0.25) is 0 Å². The molecule has 3 rings (SSSR count). The first kappa shape index (κ1) is 17.4. The first-order valence-electron chi connectivity index (χ1n) is 8.84. The summed E-state index contributed by atoms with van der Waals surface area (Å²) in [7, 11) is 0. The van der Waals surface area contributed by atoms with Crippen molar-refractivity contribution in [3.8, 4) is 0 Å². The smallest absolute Gasteiger partial charge is 0.242 e. The molecule has 2 heterocycles. The summed E-state index contributed by atoms with van der Waals surface area (Å²) in [6.07, 6.45) is 5.55. The zero-order valence-electron chi connectivity index (χ0n) is 14.4. The number of piperidine rings is 1. The van der Waals surface area contributed by atoms with Crippen LogP contribution >= 0.6 is 0 Å². The van der Waals surface area contributed by atoms with Crippen LogP contribution in [-0.4, -0.2) is 47.1 Å². The molecular formula is C20H25N3O2. The molecule has 25 heavy (non-hydrogen) atoms. The summed E-state index contributed by atoms with van der Waals surface area (Å²) in [5.41, 5.74) is 2.10. The molecule has 1 aromatic heterocycles. The highest BCUT2D eigenvalue weighted by molar-refractivity contribution is 5.81. The quantitative estimate of drug-likeness (QED) is 0.877. The molecule has 2 aromatic rings. The Morgan fingerprint density at radius 2 is 2.08 bits per heavy atom. The molecule has 1 amide bonds. The van der Waals surface area contributed by atoms with Gasteiger partial charge in [0.05, 0.1) is 6.54 Å². The number of aliphatic hydroxyl groups excluding tert-OH is 1. The van der Waals surface area contributed by atoms with E-state index in [0.717, 1.165) is 30.6 Å². The molecule has 0 spiro atoms. The minimum atomic E-state index is 0.117. The van der Waals surface area contributed by atoms with Crippen molar-refractivity contribution in [1.29, 1.82) is 0 Å². The molecule has 5 nitrogen and oxygen atoms in total. The van der Waals surface area contributed by atoms with E-state index in [1.807, 2.05) is 53.6 Å². The van der Waals surface area contributed by atoms with Crippen LogP contribution in [0.4, 0.5) is 5.69 Å². The lowest BCUT2D eigenvalue weighted by atomic mass is 9.99. The third kappa shape index (κ3) is 4.79. The predicted octanol–water partition coefficient (Wildman–Crippen LogP) is 2.32. The molecule has 1 aliphatic rings. The number of rotatable bonds is 6. The van der Waals surface area contributed by atoms with Crippen molar-refractivity contribution in [1.82, 2.24) is 9.88 Å². The summed E-state index contributed by atoms with van der Waals surface area (Å²) in [5, 5.41) is 9.39. The van der Waals surface area contributed by atoms with Gasteiger partial charge in [-0.1, -0.05) is 24.3 Å². The first-order chi connectivity index (χ1) is 12.3. The van der Waals surface area contributed by atoms with E-state index in [9.17, 15) is 9.90 Å². The number of carbonyl (C=O) groups is 1. The highest BCUT2D eigenvalue weighted by Gasteiger charge is 2.24. The molecule has 0 aliphatic carbocycles. The predicted molar refractivity (Wildman–Crippen MR) is 98.1 cm³/mol. The number of benzene rings is 1. The molecule has 132 valence electrons. The number of amides is 1. The van der Waals surface area contributed by atoms with Gasteiger partial charge >= 0.3 is 0 Å². The van der Waals surface area contributed by atoms with E-state index in [1.54, 1.807) is 6.20 Å². The molecule has 1 atom stereocenters. The van der Waals surface area contributed by atoms with Crippen LogP contribution in [-0.2, 0) is 11.3 Å². The van der Waals surface area contributed by atoms with Gasteiger partial charge in [-0.05, 0) is 42.5 Å². The average molecular weight is 339 g/mol. The van der Waals surface area contributed by atoms with Crippen molar-refractivity contribution in [2.24, 2.45) is 5.92 Å². The molecule has 1 N–H and O–H groups in total. The minimum Gasteiger partial charge on any atom is -0.396 e. The van der Waals surface area contributed by atoms with E-state index >= 15 is 0 Å². The number of aromatic nitrogens is 1. The Morgan fingerprint density at radius 1 is 1.24 bits per heavy atom. The molecule has 0 bridgehead atoms. The number of pyridine rings is 1. The van der Waals surface area contributed by atoms with Gasteiger partial charge < -0.3 is 14.9 Å². The van der Waals surface area contributed by atoms with Crippen molar-refractivity contribution in [3.05, 3.63) is 60.4 Å². The first-order valence-corrected chi connectivity index (χ1v) is 8.84. The summed E-state index contributed by atoms with van der Waals surface area (Å²) >= 11 is 0. The normalized spacial score (nSPS) is 17.3. The zero-order chi connectivity index (χ0) is 17.5. The second kappa shape index (κ2) is 8.62. The third-order valence-electron chi connectivity index (χ3n) is 4.67. The molecule has 0 saturated carbocycles. The van der Waals surface area contributed by atoms with Crippen molar-refractivity contribution < 1.29 is 9.90 Å². The summed E-state index contributed by atoms with van der Waals surface area (Å²) in [6.45, 7) is 2.56. The van der Waals surface area contributed by atoms with Crippen molar-refractivity contribution in [2.45, 2.75) is 19.4 Å². The van der Waals surface area contributed by atoms with Gasteiger partial charge in [0.15, 0.2) is 0 Å². The summed E-state index contributed by atoms with van der Waals surface area (Å²) < 4.78 is 0. The van der Waals surface area contributed by atoms with Crippen LogP contribution in [0.25, 0.3) is 0 Å². The Morgan fingerprint density at radius 3 is 2.80 bits per heavy atom. The van der Waals surface area contributed by atoms with Crippen LogP contribution in [0.5, 0.6) is 0 Å². The fourth-order valence-electron chi connectivity index (χ4n) is 3.29. The number of nitrogens with zero attached hydrogens (tertiary/aromatic N) is 3. The van der Waals surface area contributed by atoms with E-state index in [2.05, 4.69) is 9.88 Å². The molecule has 1 unspecified atom stereocenters.